The quantitative estimate of drug-likeness (QED) is 0.869. The van der Waals surface area contributed by atoms with Gasteiger partial charge in [0.25, 0.3) is 0 Å². The molecule has 18 heavy (non-hydrogen) atoms. The maximum Gasteiger partial charge on any atom is 0.322 e. The number of hydrogen-bond acceptors (Lipinski definition) is 1. The average molecular weight is 271 g/mol. The van der Waals surface area contributed by atoms with Gasteiger partial charge in [-0.3, -0.25) is 0 Å². The van der Waals surface area contributed by atoms with Crippen molar-refractivity contribution in [1.82, 2.24) is 4.90 Å². The van der Waals surface area contributed by atoms with Crippen molar-refractivity contribution in [1.29, 1.82) is 0 Å². The second-order valence-electron chi connectivity index (χ2n) is 4.45. The van der Waals surface area contributed by atoms with Crippen LogP contribution in [0.5, 0.6) is 0 Å². The summed E-state index contributed by atoms with van der Waals surface area (Å²) in [5.74, 6) is -0.411. The van der Waals surface area contributed by atoms with E-state index in [1.54, 1.807) is 0 Å². The van der Waals surface area contributed by atoms with Crippen LogP contribution >= 0.6 is 11.6 Å². The first-order valence-electron chi connectivity index (χ1n) is 6.14. The summed E-state index contributed by atoms with van der Waals surface area (Å²) in [5, 5.41) is 2.95. The summed E-state index contributed by atoms with van der Waals surface area (Å²) in [6.07, 6.45) is 3.02. The first-order chi connectivity index (χ1) is 8.61. The van der Waals surface area contributed by atoms with Gasteiger partial charge in [-0.05, 0) is 37.5 Å². The fourth-order valence-electron chi connectivity index (χ4n) is 2.31. The number of anilines is 1. The molecule has 1 aliphatic heterocycles. The van der Waals surface area contributed by atoms with Crippen LogP contribution < -0.4 is 5.32 Å². The third-order valence-electron chi connectivity index (χ3n) is 3.28. The monoisotopic (exact) mass is 270 g/mol. The van der Waals surface area contributed by atoms with Gasteiger partial charge < -0.3 is 10.2 Å². The molecule has 0 saturated carbocycles. The Hall–Kier alpha value is -1.29. The van der Waals surface area contributed by atoms with Crippen LogP contribution in [-0.4, -0.2) is 23.5 Å². The lowest BCUT2D eigenvalue weighted by molar-refractivity contribution is 0.205. The molecule has 0 radical (unpaired) electrons. The lowest BCUT2D eigenvalue weighted by Gasteiger charge is -2.24. The van der Waals surface area contributed by atoms with E-state index in [4.69, 9.17) is 11.6 Å². The van der Waals surface area contributed by atoms with E-state index in [9.17, 15) is 9.18 Å². The molecule has 1 fully saturated rings. The molecule has 0 aliphatic carbocycles. The Morgan fingerprint density at radius 2 is 2.39 bits per heavy atom. The number of urea groups is 1. The molecular formula is C13H16ClFN2O. The van der Waals surface area contributed by atoms with Gasteiger partial charge >= 0.3 is 6.03 Å². The Morgan fingerprint density at radius 1 is 1.61 bits per heavy atom. The molecular weight excluding hydrogens is 255 g/mol. The van der Waals surface area contributed by atoms with Gasteiger partial charge in [0.05, 0.1) is 10.7 Å². The van der Waals surface area contributed by atoms with Crippen molar-refractivity contribution >= 4 is 23.3 Å². The zero-order chi connectivity index (χ0) is 13.1. The molecule has 2 amide bonds. The number of benzene rings is 1. The Morgan fingerprint density at radius 3 is 3.06 bits per heavy atom. The molecule has 5 heteroatoms. The number of carbonyl (C=O) groups is 1. The van der Waals surface area contributed by atoms with Crippen LogP contribution in [0.3, 0.4) is 0 Å². The second-order valence-corrected chi connectivity index (χ2v) is 4.86. The predicted molar refractivity (Wildman–Crippen MR) is 70.4 cm³/mol. The molecule has 1 atom stereocenters. The summed E-state index contributed by atoms with van der Waals surface area (Å²) in [6, 6.07) is 4.09. The van der Waals surface area contributed by atoms with Gasteiger partial charge in [-0.15, -0.1) is 0 Å². The molecule has 0 spiro atoms. The van der Waals surface area contributed by atoms with E-state index in [1.165, 1.54) is 18.2 Å². The highest BCUT2D eigenvalue weighted by Gasteiger charge is 2.27. The van der Waals surface area contributed by atoms with Crippen LogP contribution in [-0.2, 0) is 0 Å². The summed E-state index contributed by atoms with van der Waals surface area (Å²) in [5.41, 5.74) is 0.449. The minimum Gasteiger partial charge on any atom is -0.322 e. The van der Waals surface area contributed by atoms with Crippen molar-refractivity contribution < 1.29 is 9.18 Å². The van der Waals surface area contributed by atoms with Gasteiger partial charge in [0.1, 0.15) is 5.82 Å². The minimum absolute atomic E-state index is 0.159. The van der Waals surface area contributed by atoms with Crippen molar-refractivity contribution in [3.63, 3.8) is 0 Å². The summed E-state index contributed by atoms with van der Waals surface area (Å²) < 4.78 is 12.9. The average Bonchev–Trinajstić information content (AvgIpc) is 2.81. The third-order valence-corrected chi connectivity index (χ3v) is 3.59. The summed E-state index contributed by atoms with van der Waals surface area (Å²) in [6.45, 7) is 2.84. The van der Waals surface area contributed by atoms with E-state index in [0.717, 1.165) is 25.8 Å². The first-order valence-corrected chi connectivity index (χ1v) is 6.52. The lowest BCUT2D eigenvalue weighted by Crippen LogP contribution is -2.38. The molecule has 98 valence electrons. The second kappa shape index (κ2) is 5.57. The van der Waals surface area contributed by atoms with Crippen LogP contribution in [0, 0.1) is 5.82 Å². The van der Waals surface area contributed by atoms with Crippen molar-refractivity contribution in [2.75, 3.05) is 11.9 Å². The number of halogens is 2. The Kier molecular flexibility index (Phi) is 4.07. The molecule has 2 rings (SSSR count). The molecule has 1 heterocycles. The molecule has 0 bridgehead atoms. The summed E-state index contributed by atoms with van der Waals surface area (Å²) >= 11 is 5.88. The van der Waals surface area contributed by atoms with E-state index in [-0.39, 0.29) is 11.1 Å². The number of rotatable bonds is 2. The van der Waals surface area contributed by atoms with Gasteiger partial charge in [0, 0.05) is 12.6 Å². The summed E-state index contributed by atoms with van der Waals surface area (Å²) in [7, 11) is 0. The van der Waals surface area contributed by atoms with Crippen LogP contribution in [0.2, 0.25) is 5.02 Å². The zero-order valence-corrected chi connectivity index (χ0v) is 11.0. The van der Waals surface area contributed by atoms with Crippen molar-refractivity contribution in [2.24, 2.45) is 0 Å². The Balaban J connectivity index is 2.07. The van der Waals surface area contributed by atoms with E-state index < -0.39 is 5.82 Å². The third kappa shape index (κ3) is 2.75. The zero-order valence-electron chi connectivity index (χ0n) is 10.2. The molecule has 1 saturated heterocycles. The van der Waals surface area contributed by atoms with Gasteiger partial charge in [-0.25, -0.2) is 9.18 Å². The number of hydrogen-bond donors (Lipinski definition) is 1. The van der Waals surface area contributed by atoms with Crippen LogP contribution in [0.4, 0.5) is 14.9 Å². The SMILES string of the molecule is CCC1CCCN1C(=O)Nc1ccc(F)cc1Cl. The van der Waals surface area contributed by atoms with Crippen molar-refractivity contribution in [3.05, 3.63) is 29.0 Å². The van der Waals surface area contributed by atoms with Crippen LogP contribution in [0.25, 0.3) is 0 Å². The van der Waals surface area contributed by atoms with E-state index >= 15 is 0 Å². The van der Waals surface area contributed by atoms with Crippen molar-refractivity contribution in [2.45, 2.75) is 32.2 Å². The fourth-order valence-corrected chi connectivity index (χ4v) is 2.52. The van der Waals surface area contributed by atoms with Gasteiger partial charge in [0.15, 0.2) is 0 Å². The Bertz CT molecular complexity index is 453. The number of nitrogens with one attached hydrogen (secondary N) is 1. The summed E-state index contributed by atoms with van der Waals surface area (Å²) in [4.78, 5) is 13.9. The fraction of sp³-hybridized carbons (Fsp3) is 0.462. The standard InChI is InChI=1S/C13H16ClFN2O/c1-2-10-4-3-7-17(10)13(18)16-12-6-5-9(15)8-11(12)14/h5-6,8,10H,2-4,7H2,1H3,(H,16,18). The van der Waals surface area contributed by atoms with Crippen molar-refractivity contribution in [3.8, 4) is 0 Å². The molecule has 3 nitrogen and oxygen atoms in total. The highest BCUT2D eigenvalue weighted by atomic mass is 35.5. The smallest absolute Gasteiger partial charge is 0.322 e. The first kappa shape index (κ1) is 13.1. The molecule has 1 aromatic rings. The molecule has 1 aliphatic rings. The topological polar surface area (TPSA) is 32.3 Å². The van der Waals surface area contributed by atoms with Gasteiger partial charge in [-0.1, -0.05) is 18.5 Å². The van der Waals surface area contributed by atoms with Gasteiger partial charge in [0.2, 0.25) is 0 Å². The minimum atomic E-state index is -0.411. The number of nitrogens with zero attached hydrogens (tertiary/aromatic N) is 1. The predicted octanol–water partition coefficient (Wildman–Crippen LogP) is 3.89. The lowest BCUT2D eigenvalue weighted by atomic mass is 10.2. The normalized spacial score (nSPS) is 19.1. The number of carbonyl (C=O) groups excluding carboxylic acids is 1. The van der Waals surface area contributed by atoms with Crippen LogP contribution in [0.1, 0.15) is 26.2 Å². The maximum absolute atomic E-state index is 12.9. The van der Waals surface area contributed by atoms with E-state index in [1.807, 2.05) is 4.90 Å². The maximum atomic E-state index is 12.9. The number of amides is 2. The molecule has 1 aromatic carbocycles. The molecule has 1 unspecified atom stereocenters. The van der Waals surface area contributed by atoms with E-state index in [2.05, 4.69) is 12.2 Å². The molecule has 1 N–H and O–H groups in total. The Labute approximate surface area is 111 Å². The number of likely N-dealkylation sites (tertiary alicyclic amines) is 1. The highest BCUT2D eigenvalue weighted by Crippen LogP contribution is 2.25. The largest absolute Gasteiger partial charge is 0.322 e. The molecule has 0 aromatic heterocycles. The van der Waals surface area contributed by atoms with E-state index in [0.29, 0.717) is 11.7 Å². The highest BCUT2D eigenvalue weighted by molar-refractivity contribution is 6.33. The van der Waals surface area contributed by atoms with Crippen LogP contribution in [0.15, 0.2) is 18.2 Å². The van der Waals surface area contributed by atoms with Gasteiger partial charge in [-0.2, -0.15) is 0 Å².